The molecule has 2 aromatic heterocycles. The number of rotatable bonds is 4. The van der Waals surface area contributed by atoms with Gasteiger partial charge in [0.15, 0.2) is 0 Å². The van der Waals surface area contributed by atoms with Crippen molar-refractivity contribution >= 4 is 34.1 Å². The number of halogens is 2. The summed E-state index contributed by atoms with van der Waals surface area (Å²) in [7, 11) is 0. The molecule has 7 heteroatoms. The van der Waals surface area contributed by atoms with E-state index in [1.165, 1.54) is 0 Å². The molecule has 0 aliphatic carbocycles. The second-order valence-electron chi connectivity index (χ2n) is 5.77. The summed E-state index contributed by atoms with van der Waals surface area (Å²) in [6, 6.07) is 15.0. The van der Waals surface area contributed by atoms with Gasteiger partial charge in [0.2, 0.25) is 0 Å². The molecule has 0 fully saturated rings. The van der Waals surface area contributed by atoms with E-state index >= 15 is 0 Å². The van der Waals surface area contributed by atoms with Gasteiger partial charge >= 0.3 is 0 Å². The van der Waals surface area contributed by atoms with Crippen LogP contribution in [0.4, 0.5) is 0 Å². The van der Waals surface area contributed by atoms with Crippen molar-refractivity contribution < 1.29 is 4.74 Å². The number of hydrogen-bond acceptors (Lipinski definition) is 4. The zero-order valence-electron chi connectivity index (χ0n) is 13.8. The van der Waals surface area contributed by atoms with Gasteiger partial charge in [-0.25, -0.2) is 4.68 Å². The van der Waals surface area contributed by atoms with Crippen LogP contribution in [-0.4, -0.2) is 20.0 Å². The molecule has 0 radical (unpaired) electrons. The summed E-state index contributed by atoms with van der Waals surface area (Å²) in [5.41, 5.74) is 2.37. The average molecular weight is 385 g/mol. The van der Waals surface area contributed by atoms with Crippen LogP contribution >= 0.6 is 23.2 Å². The predicted octanol–water partition coefficient (Wildman–Crippen LogP) is 5.26. The highest BCUT2D eigenvalue weighted by Crippen LogP contribution is 2.28. The molecule has 0 saturated heterocycles. The molecule has 2 aromatic carbocycles. The predicted molar refractivity (Wildman–Crippen MR) is 102 cm³/mol. The average Bonchev–Trinajstić information content (AvgIpc) is 3.15. The van der Waals surface area contributed by atoms with E-state index < -0.39 is 0 Å². The minimum absolute atomic E-state index is 0.280. The molecule has 26 heavy (non-hydrogen) atoms. The van der Waals surface area contributed by atoms with Crippen molar-refractivity contribution in [1.82, 2.24) is 20.0 Å². The molecule has 0 unspecified atom stereocenters. The van der Waals surface area contributed by atoms with Gasteiger partial charge in [-0.1, -0.05) is 40.5 Å². The first-order valence-electron chi connectivity index (χ1n) is 8.00. The molecule has 0 amide bonds. The van der Waals surface area contributed by atoms with Gasteiger partial charge in [-0.05, 0) is 43.3 Å². The van der Waals surface area contributed by atoms with Gasteiger partial charge in [-0.2, -0.15) is 0 Å². The number of ether oxygens (including phenoxy) is 1. The topological polar surface area (TPSA) is 52.8 Å². The number of fused-ring (bicyclic) bond motifs is 1. The van der Waals surface area contributed by atoms with E-state index in [0.29, 0.717) is 15.7 Å². The largest absolute Gasteiger partial charge is 0.484 e. The highest BCUT2D eigenvalue weighted by Gasteiger charge is 2.14. The molecule has 1 atom stereocenters. The lowest BCUT2D eigenvalue weighted by Gasteiger charge is -2.13. The molecular formula is C19H14Cl2N4O. The van der Waals surface area contributed by atoms with Crippen LogP contribution in [0.3, 0.4) is 0 Å². The number of nitrogens with zero attached hydrogens (tertiary/aromatic N) is 4. The Morgan fingerprint density at radius 3 is 2.73 bits per heavy atom. The normalized spacial score (nSPS) is 12.3. The molecule has 2 heterocycles. The van der Waals surface area contributed by atoms with Gasteiger partial charge in [0.25, 0.3) is 0 Å². The van der Waals surface area contributed by atoms with Crippen molar-refractivity contribution in [3.05, 3.63) is 76.7 Å². The molecule has 0 saturated carbocycles. The van der Waals surface area contributed by atoms with Crippen LogP contribution in [0.1, 0.15) is 18.7 Å². The van der Waals surface area contributed by atoms with E-state index in [0.717, 1.165) is 22.3 Å². The maximum atomic E-state index is 6.10. The second kappa shape index (κ2) is 6.94. The van der Waals surface area contributed by atoms with E-state index in [2.05, 4.69) is 15.3 Å². The summed E-state index contributed by atoms with van der Waals surface area (Å²) in [6.07, 6.45) is 3.27. The van der Waals surface area contributed by atoms with Gasteiger partial charge in [0, 0.05) is 11.6 Å². The van der Waals surface area contributed by atoms with Gasteiger partial charge in [0.05, 0.1) is 27.4 Å². The first-order chi connectivity index (χ1) is 12.6. The molecule has 0 N–H and O–H groups in total. The lowest BCUT2D eigenvalue weighted by Crippen LogP contribution is -2.04. The summed E-state index contributed by atoms with van der Waals surface area (Å²) in [5, 5.41) is 10.3. The standard InChI is InChI=1S/C19H14Cl2N4O/c1-12(26-19-8-9-22-17-5-3-2-4-14(17)19)18-11-25(24-23-18)13-6-7-15(20)16(21)10-13/h2-12H,1H3/t12-/m1/s1. The lowest BCUT2D eigenvalue weighted by molar-refractivity contribution is 0.224. The van der Waals surface area contributed by atoms with Gasteiger partial charge in [0.1, 0.15) is 17.5 Å². The third-order valence-corrected chi connectivity index (χ3v) is 4.75. The Labute approximate surface area is 160 Å². The highest BCUT2D eigenvalue weighted by atomic mass is 35.5. The maximum Gasteiger partial charge on any atom is 0.141 e. The van der Waals surface area contributed by atoms with Gasteiger partial charge in [-0.15, -0.1) is 5.10 Å². The molecule has 130 valence electrons. The molecule has 0 aliphatic rings. The van der Waals surface area contributed by atoms with E-state index in [9.17, 15) is 0 Å². The Kier molecular flexibility index (Phi) is 4.49. The summed E-state index contributed by atoms with van der Waals surface area (Å²) in [6.45, 7) is 1.93. The Bertz CT molecular complexity index is 1070. The SMILES string of the molecule is C[C@@H](Oc1ccnc2ccccc12)c1cn(-c2ccc(Cl)c(Cl)c2)nn1. The van der Waals surface area contributed by atoms with Crippen LogP contribution in [0.2, 0.25) is 10.0 Å². The Balaban J connectivity index is 1.60. The minimum atomic E-state index is -0.280. The third kappa shape index (κ3) is 3.23. The Hall–Kier alpha value is -2.63. The summed E-state index contributed by atoms with van der Waals surface area (Å²) in [5.74, 6) is 0.757. The summed E-state index contributed by atoms with van der Waals surface area (Å²) in [4.78, 5) is 4.35. The van der Waals surface area contributed by atoms with Crippen molar-refractivity contribution in [2.75, 3.05) is 0 Å². The lowest BCUT2D eigenvalue weighted by atomic mass is 10.2. The zero-order chi connectivity index (χ0) is 18.1. The van der Waals surface area contributed by atoms with Crippen LogP contribution in [0.25, 0.3) is 16.6 Å². The number of para-hydroxylation sites is 1. The van der Waals surface area contributed by atoms with Crippen molar-refractivity contribution in [3.8, 4) is 11.4 Å². The molecule has 0 bridgehead atoms. The van der Waals surface area contributed by atoms with Crippen LogP contribution < -0.4 is 4.74 Å². The fraction of sp³-hybridized carbons (Fsp3) is 0.105. The van der Waals surface area contributed by atoms with Crippen molar-refractivity contribution in [2.45, 2.75) is 13.0 Å². The number of hydrogen-bond donors (Lipinski definition) is 0. The van der Waals surface area contributed by atoms with Crippen molar-refractivity contribution in [3.63, 3.8) is 0 Å². The Morgan fingerprint density at radius 2 is 1.88 bits per heavy atom. The molecule has 4 rings (SSSR count). The van der Waals surface area contributed by atoms with E-state index in [-0.39, 0.29) is 6.10 Å². The fourth-order valence-corrected chi connectivity index (χ4v) is 2.93. The van der Waals surface area contributed by atoms with Crippen molar-refractivity contribution in [2.24, 2.45) is 0 Å². The Morgan fingerprint density at radius 1 is 1.04 bits per heavy atom. The minimum Gasteiger partial charge on any atom is -0.484 e. The zero-order valence-corrected chi connectivity index (χ0v) is 15.3. The quantitative estimate of drug-likeness (QED) is 0.481. The van der Waals surface area contributed by atoms with Crippen LogP contribution in [0.5, 0.6) is 5.75 Å². The van der Waals surface area contributed by atoms with Gasteiger partial charge < -0.3 is 4.74 Å². The van der Waals surface area contributed by atoms with Crippen LogP contribution in [0, 0.1) is 0 Å². The molecule has 4 aromatic rings. The number of aromatic nitrogens is 4. The van der Waals surface area contributed by atoms with Crippen LogP contribution in [-0.2, 0) is 0 Å². The molecule has 0 spiro atoms. The molecule has 0 aliphatic heterocycles. The highest BCUT2D eigenvalue weighted by molar-refractivity contribution is 6.42. The maximum absolute atomic E-state index is 6.10. The van der Waals surface area contributed by atoms with Crippen LogP contribution in [0.15, 0.2) is 60.9 Å². The number of benzene rings is 2. The van der Waals surface area contributed by atoms with E-state index in [1.807, 2.05) is 49.5 Å². The van der Waals surface area contributed by atoms with E-state index in [1.54, 1.807) is 23.0 Å². The molecular weight excluding hydrogens is 371 g/mol. The summed E-state index contributed by atoms with van der Waals surface area (Å²) < 4.78 is 7.74. The second-order valence-corrected chi connectivity index (χ2v) is 6.59. The monoisotopic (exact) mass is 384 g/mol. The molecule has 5 nitrogen and oxygen atoms in total. The summed E-state index contributed by atoms with van der Waals surface area (Å²) >= 11 is 12.0. The number of pyridine rings is 1. The first kappa shape index (κ1) is 16.8. The third-order valence-electron chi connectivity index (χ3n) is 4.01. The van der Waals surface area contributed by atoms with E-state index in [4.69, 9.17) is 27.9 Å². The first-order valence-corrected chi connectivity index (χ1v) is 8.75. The fourth-order valence-electron chi connectivity index (χ4n) is 2.64. The smallest absolute Gasteiger partial charge is 0.141 e. The van der Waals surface area contributed by atoms with Crippen molar-refractivity contribution in [1.29, 1.82) is 0 Å². The van der Waals surface area contributed by atoms with Gasteiger partial charge in [-0.3, -0.25) is 4.98 Å².